The van der Waals surface area contributed by atoms with E-state index in [0.717, 1.165) is 55.1 Å². The van der Waals surface area contributed by atoms with E-state index < -0.39 is 0 Å². The lowest BCUT2D eigenvalue weighted by molar-refractivity contribution is 0.312. The number of benzene rings is 2. The summed E-state index contributed by atoms with van der Waals surface area (Å²) in [4.78, 5) is 26.9. The minimum Gasteiger partial charge on any atom is -0.354 e. The van der Waals surface area contributed by atoms with Crippen molar-refractivity contribution in [1.82, 2.24) is 19.4 Å². The number of likely N-dealkylation sites (N-methyl/N-ethyl adjacent to an activating group) is 1. The maximum Gasteiger partial charge on any atom is 0.261 e. The number of piperazine rings is 1. The molecule has 2 aromatic carbocycles. The van der Waals surface area contributed by atoms with Crippen LogP contribution in [-0.2, 0) is 13.0 Å². The van der Waals surface area contributed by atoms with Gasteiger partial charge in [-0.05, 0) is 60.5 Å². The van der Waals surface area contributed by atoms with E-state index in [1.165, 1.54) is 0 Å². The lowest BCUT2D eigenvalue weighted by atomic mass is 10.0. The Kier molecular flexibility index (Phi) is 6.11. The van der Waals surface area contributed by atoms with Crippen LogP contribution in [-0.4, -0.2) is 52.7 Å². The first kappa shape index (κ1) is 21.6. The van der Waals surface area contributed by atoms with Gasteiger partial charge in [0.05, 0.1) is 17.2 Å². The van der Waals surface area contributed by atoms with Crippen LogP contribution >= 0.6 is 11.6 Å². The fraction of sp³-hybridized carbons (Fsp3) is 0.269. The number of nitrogens with zero attached hydrogens (tertiary/aromatic N) is 5. The third-order valence-corrected chi connectivity index (χ3v) is 6.53. The van der Waals surface area contributed by atoms with Gasteiger partial charge in [0.1, 0.15) is 5.82 Å². The minimum atomic E-state index is -0.0235. The zero-order valence-electron chi connectivity index (χ0n) is 18.6. The van der Waals surface area contributed by atoms with Crippen molar-refractivity contribution in [2.75, 3.05) is 38.1 Å². The molecular weight excluding hydrogens is 434 g/mol. The molecule has 5 rings (SSSR count). The summed E-state index contributed by atoms with van der Waals surface area (Å²) in [6.07, 6.45) is 4.29. The fourth-order valence-electron chi connectivity index (χ4n) is 4.18. The van der Waals surface area contributed by atoms with Crippen LogP contribution in [0.2, 0.25) is 5.02 Å². The number of aromatic nitrogens is 3. The van der Waals surface area contributed by atoms with E-state index >= 15 is 0 Å². The minimum absolute atomic E-state index is 0.0235. The van der Waals surface area contributed by atoms with E-state index in [4.69, 9.17) is 11.6 Å². The summed E-state index contributed by atoms with van der Waals surface area (Å²) in [5.41, 5.74) is 3.83. The number of anilines is 1. The van der Waals surface area contributed by atoms with Crippen molar-refractivity contribution in [3.05, 3.63) is 88.1 Å². The molecular formula is C26H26ClN5O. The molecule has 0 bridgehead atoms. The Balaban J connectivity index is 1.29. The fourth-order valence-corrected chi connectivity index (χ4v) is 4.30. The molecule has 0 N–H and O–H groups in total. The summed E-state index contributed by atoms with van der Waals surface area (Å²) in [7, 11) is 2.15. The van der Waals surface area contributed by atoms with E-state index in [1.807, 2.05) is 48.7 Å². The Labute approximate surface area is 198 Å². The van der Waals surface area contributed by atoms with Crippen molar-refractivity contribution in [2.45, 2.75) is 13.0 Å². The highest BCUT2D eigenvalue weighted by Gasteiger charge is 2.15. The molecule has 6 nitrogen and oxygen atoms in total. The summed E-state index contributed by atoms with van der Waals surface area (Å²) in [6, 6.07) is 17.6. The van der Waals surface area contributed by atoms with Gasteiger partial charge in [0.25, 0.3) is 5.56 Å². The Bertz CT molecular complexity index is 1310. The van der Waals surface area contributed by atoms with Gasteiger partial charge in [-0.2, -0.15) is 0 Å². The molecule has 0 radical (unpaired) electrons. The van der Waals surface area contributed by atoms with Crippen LogP contribution in [0.4, 0.5) is 5.82 Å². The van der Waals surface area contributed by atoms with Gasteiger partial charge < -0.3 is 9.80 Å². The summed E-state index contributed by atoms with van der Waals surface area (Å²) < 4.78 is 1.68. The Morgan fingerprint density at radius 2 is 1.67 bits per heavy atom. The summed E-state index contributed by atoms with van der Waals surface area (Å²) in [5.74, 6) is 1.02. The molecule has 0 saturated carbocycles. The van der Waals surface area contributed by atoms with Gasteiger partial charge in [0, 0.05) is 43.9 Å². The predicted octanol–water partition coefficient (Wildman–Crippen LogP) is 4.11. The summed E-state index contributed by atoms with van der Waals surface area (Å²) in [6.45, 7) is 4.68. The highest BCUT2D eigenvalue weighted by atomic mass is 35.5. The lowest BCUT2D eigenvalue weighted by Crippen LogP contribution is -2.44. The van der Waals surface area contributed by atoms with Crippen molar-refractivity contribution in [3.63, 3.8) is 0 Å². The van der Waals surface area contributed by atoms with Crippen LogP contribution in [0.15, 0.2) is 71.9 Å². The van der Waals surface area contributed by atoms with Crippen molar-refractivity contribution in [3.8, 4) is 11.1 Å². The Morgan fingerprint density at radius 1 is 0.909 bits per heavy atom. The maximum atomic E-state index is 13.0. The first-order valence-corrected chi connectivity index (χ1v) is 11.6. The van der Waals surface area contributed by atoms with E-state index in [9.17, 15) is 4.79 Å². The molecule has 1 aliphatic rings. The molecule has 3 heterocycles. The number of aryl methyl sites for hydroxylation is 2. The number of fused-ring (bicyclic) bond motifs is 1. The molecule has 0 unspecified atom stereocenters. The normalized spacial score (nSPS) is 14.7. The molecule has 168 valence electrons. The molecule has 0 atom stereocenters. The van der Waals surface area contributed by atoms with Crippen molar-refractivity contribution in [2.24, 2.45) is 0 Å². The molecule has 0 amide bonds. The summed E-state index contributed by atoms with van der Waals surface area (Å²) in [5, 5.41) is 1.32. The molecule has 4 aromatic rings. The zero-order chi connectivity index (χ0) is 22.8. The van der Waals surface area contributed by atoms with Gasteiger partial charge in [0.15, 0.2) is 0 Å². The van der Waals surface area contributed by atoms with E-state index in [0.29, 0.717) is 22.5 Å². The topological polar surface area (TPSA) is 54.3 Å². The number of rotatable bonds is 5. The second-order valence-corrected chi connectivity index (χ2v) is 8.98. The summed E-state index contributed by atoms with van der Waals surface area (Å²) >= 11 is 5.99. The molecule has 1 fully saturated rings. The number of pyridine rings is 1. The predicted molar refractivity (Wildman–Crippen MR) is 134 cm³/mol. The van der Waals surface area contributed by atoms with Crippen molar-refractivity contribution >= 4 is 28.3 Å². The molecule has 2 aromatic heterocycles. The van der Waals surface area contributed by atoms with E-state index in [1.54, 1.807) is 10.9 Å². The van der Waals surface area contributed by atoms with Gasteiger partial charge >= 0.3 is 0 Å². The van der Waals surface area contributed by atoms with Crippen LogP contribution < -0.4 is 10.5 Å². The number of hydrogen-bond acceptors (Lipinski definition) is 5. The van der Waals surface area contributed by atoms with Crippen LogP contribution in [0.1, 0.15) is 5.56 Å². The first-order chi connectivity index (χ1) is 16.1. The van der Waals surface area contributed by atoms with Crippen LogP contribution in [0.25, 0.3) is 22.0 Å². The molecule has 7 heteroatoms. The number of halogens is 1. The lowest BCUT2D eigenvalue weighted by Gasteiger charge is -2.33. The third kappa shape index (κ3) is 4.77. The molecule has 1 aliphatic heterocycles. The molecule has 33 heavy (non-hydrogen) atoms. The van der Waals surface area contributed by atoms with Crippen molar-refractivity contribution < 1.29 is 0 Å². The molecule has 0 aliphatic carbocycles. The Hall–Kier alpha value is -3.22. The second kappa shape index (κ2) is 9.33. The Morgan fingerprint density at radius 3 is 2.39 bits per heavy atom. The van der Waals surface area contributed by atoms with Gasteiger partial charge in [-0.25, -0.2) is 9.97 Å². The van der Waals surface area contributed by atoms with Gasteiger partial charge in [-0.1, -0.05) is 35.9 Å². The van der Waals surface area contributed by atoms with Crippen LogP contribution in [0.5, 0.6) is 0 Å². The standard InChI is InChI=1S/C26H26ClN5O/c1-30-12-14-31(15-13-30)25-9-2-19(17-28-25)10-11-32-18-29-24-16-21(5-8-23(24)26(32)33)20-3-6-22(27)7-4-20/h2-9,16-18H,10-15H2,1H3. The van der Waals surface area contributed by atoms with Gasteiger partial charge in [-0.15, -0.1) is 0 Å². The van der Waals surface area contributed by atoms with Gasteiger partial charge in [-0.3, -0.25) is 9.36 Å². The van der Waals surface area contributed by atoms with E-state index in [-0.39, 0.29) is 5.56 Å². The SMILES string of the molecule is CN1CCN(c2ccc(CCn3cnc4cc(-c5ccc(Cl)cc5)ccc4c3=O)cn2)CC1. The average Bonchev–Trinajstić information content (AvgIpc) is 2.85. The largest absolute Gasteiger partial charge is 0.354 e. The first-order valence-electron chi connectivity index (χ1n) is 11.2. The smallest absolute Gasteiger partial charge is 0.261 e. The van der Waals surface area contributed by atoms with Crippen LogP contribution in [0.3, 0.4) is 0 Å². The highest BCUT2D eigenvalue weighted by Crippen LogP contribution is 2.24. The third-order valence-electron chi connectivity index (χ3n) is 6.28. The highest BCUT2D eigenvalue weighted by molar-refractivity contribution is 6.30. The van der Waals surface area contributed by atoms with Gasteiger partial charge in [0.2, 0.25) is 0 Å². The van der Waals surface area contributed by atoms with E-state index in [2.05, 4.69) is 38.9 Å². The quantitative estimate of drug-likeness (QED) is 0.449. The molecule has 0 spiro atoms. The molecule has 1 saturated heterocycles. The van der Waals surface area contributed by atoms with Crippen molar-refractivity contribution in [1.29, 1.82) is 0 Å². The average molecular weight is 460 g/mol. The second-order valence-electron chi connectivity index (χ2n) is 8.55. The monoisotopic (exact) mass is 459 g/mol. The van der Waals surface area contributed by atoms with Crippen LogP contribution in [0, 0.1) is 0 Å². The zero-order valence-corrected chi connectivity index (χ0v) is 19.4. The number of hydrogen-bond donors (Lipinski definition) is 0. The maximum absolute atomic E-state index is 13.0.